The molecule has 1 unspecified atom stereocenters. The summed E-state index contributed by atoms with van der Waals surface area (Å²) >= 11 is 0. The van der Waals surface area contributed by atoms with Gasteiger partial charge < -0.3 is 9.73 Å². The molecular weight excluding hydrogens is 326 g/mol. The lowest BCUT2D eigenvalue weighted by Gasteiger charge is -2.12. The van der Waals surface area contributed by atoms with Crippen LogP contribution in [0.4, 0.5) is 0 Å². The Balaban J connectivity index is 1.49. The summed E-state index contributed by atoms with van der Waals surface area (Å²) in [6, 6.07) is 18.9. The van der Waals surface area contributed by atoms with Gasteiger partial charge in [0.1, 0.15) is 11.3 Å². The first kappa shape index (κ1) is 16.1. The molecule has 26 heavy (non-hydrogen) atoms. The number of fused-ring (bicyclic) bond motifs is 1. The summed E-state index contributed by atoms with van der Waals surface area (Å²) in [6.45, 7) is 3.90. The van der Waals surface area contributed by atoms with Crippen LogP contribution in [-0.2, 0) is 0 Å². The highest BCUT2D eigenvalue weighted by Gasteiger charge is 2.15. The topological polar surface area (TPSA) is 60.1 Å². The lowest BCUT2D eigenvalue weighted by molar-refractivity contribution is 0.0935. The largest absolute Gasteiger partial charge is 0.459 e. The molecular formula is C21H19N3O2. The molecule has 0 aliphatic carbocycles. The van der Waals surface area contributed by atoms with E-state index in [1.54, 1.807) is 18.3 Å². The van der Waals surface area contributed by atoms with Crippen LogP contribution in [0.5, 0.6) is 0 Å². The first-order chi connectivity index (χ1) is 12.6. The summed E-state index contributed by atoms with van der Waals surface area (Å²) in [7, 11) is 0. The maximum absolute atomic E-state index is 12.5. The van der Waals surface area contributed by atoms with E-state index in [1.807, 2.05) is 67.1 Å². The molecule has 4 rings (SSSR count). The molecule has 2 heterocycles. The van der Waals surface area contributed by atoms with E-state index in [0.717, 1.165) is 28.1 Å². The summed E-state index contributed by atoms with van der Waals surface area (Å²) < 4.78 is 7.65. The predicted octanol–water partition coefficient (Wildman–Crippen LogP) is 4.42. The summed E-state index contributed by atoms with van der Waals surface area (Å²) in [5, 5.41) is 8.29. The van der Waals surface area contributed by atoms with E-state index in [-0.39, 0.29) is 11.9 Å². The van der Waals surface area contributed by atoms with Crippen LogP contribution in [0.2, 0.25) is 0 Å². The highest BCUT2D eigenvalue weighted by molar-refractivity contribution is 5.94. The van der Waals surface area contributed by atoms with E-state index in [0.29, 0.717) is 5.56 Å². The van der Waals surface area contributed by atoms with E-state index in [1.165, 1.54) is 0 Å². The van der Waals surface area contributed by atoms with E-state index in [9.17, 15) is 4.79 Å². The molecule has 0 saturated carbocycles. The van der Waals surface area contributed by atoms with Crippen LogP contribution in [0, 0.1) is 6.92 Å². The summed E-state index contributed by atoms with van der Waals surface area (Å²) in [5.41, 5.74) is 3.39. The molecule has 2 aromatic heterocycles. The maximum Gasteiger partial charge on any atom is 0.251 e. The second-order valence-electron chi connectivity index (χ2n) is 6.31. The van der Waals surface area contributed by atoms with Crippen molar-refractivity contribution < 1.29 is 9.21 Å². The number of aromatic nitrogens is 2. The number of carbonyl (C=O) groups is 1. The highest BCUT2D eigenvalue weighted by Crippen LogP contribution is 2.23. The molecule has 0 saturated heterocycles. The van der Waals surface area contributed by atoms with Crippen LogP contribution >= 0.6 is 0 Å². The molecule has 5 nitrogen and oxygen atoms in total. The zero-order chi connectivity index (χ0) is 18.1. The van der Waals surface area contributed by atoms with E-state index in [2.05, 4.69) is 10.4 Å². The minimum Gasteiger partial charge on any atom is -0.459 e. The smallest absolute Gasteiger partial charge is 0.251 e. The molecule has 0 aliphatic rings. The van der Waals surface area contributed by atoms with Gasteiger partial charge in [0.25, 0.3) is 5.91 Å². The van der Waals surface area contributed by atoms with Crippen LogP contribution in [0.25, 0.3) is 16.7 Å². The predicted molar refractivity (Wildman–Crippen MR) is 100 cm³/mol. The average Bonchev–Trinajstić information content (AvgIpc) is 3.27. The zero-order valence-electron chi connectivity index (χ0n) is 14.6. The number of nitrogens with zero attached hydrogens (tertiary/aromatic N) is 2. The van der Waals surface area contributed by atoms with Crippen molar-refractivity contribution >= 4 is 16.9 Å². The van der Waals surface area contributed by atoms with Crippen molar-refractivity contribution in [2.75, 3.05) is 0 Å². The Morgan fingerprint density at radius 3 is 2.58 bits per heavy atom. The molecule has 2 aromatic carbocycles. The van der Waals surface area contributed by atoms with Gasteiger partial charge in [0, 0.05) is 22.8 Å². The van der Waals surface area contributed by atoms with Gasteiger partial charge in [-0.1, -0.05) is 18.2 Å². The van der Waals surface area contributed by atoms with Crippen molar-refractivity contribution in [1.82, 2.24) is 15.1 Å². The zero-order valence-corrected chi connectivity index (χ0v) is 14.6. The van der Waals surface area contributed by atoms with Crippen LogP contribution in [0.3, 0.4) is 0 Å². The fourth-order valence-electron chi connectivity index (χ4n) is 2.96. The van der Waals surface area contributed by atoms with Crippen LogP contribution in [0.15, 0.2) is 71.3 Å². The van der Waals surface area contributed by atoms with Gasteiger partial charge in [0.2, 0.25) is 0 Å². The van der Waals surface area contributed by atoms with Crippen molar-refractivity contribution in [3.05, 3.63) is 83.9 Å². The fourth-order valence-corrected chi connectivity index (χ4v) is 2.96. The second-order valence-corrected chi connectivity index (χ2v) is 6.31. The van der Waals surface area contributed by atoms with E-state index < -0.39 is 0 Å². The van der Waals surface area contributed by atoms with Crippen molar-refractivity contribution in [1.29, 1.82) is 0 Å². The average molecular weight is 345 g/mol. The second kappa shape index (κ2) is 6.52. The van der Waals surface area contributed by atoms with Crippen molar-refractivity contribution in [3.63, 3.8) is 0 Å². The van der Waals surface area contributed by atoms with Crippen LogP contribution in [0.1, 0.15) is 34.8 Å². The van der Waals surface area contributed by atoms with Crippen LogP contribution in [-0.4, -0.2) is 15.7 Å². The molecule has 5 heteroatoms. The molecule has 1 N–H and O–H groups in total. The van der Waals surface area contributed by atoms with Crippen molar-refractivity contribution in [2.24, 2.45) is 0 Å². The van der Waals surface area contributed by atoms with Crippen LogP contribution < -0.4 is 5.32 Å². The summed E-state index contributed by atoms with van der Waals surface area (Å²) in [6.07, 6.45) is 1.75. The lowest BCUT2D eigenvalue weighted by atomic mass is 10.1. The number of carbonyl (C=O) groups excluding carboxylic acids is 1. The molecule has 4 aromatic rings. The number of para-hydroxylation sites is 1. The molecule has 130 valence electrons. The minimum atomic E-state index is -0.220. The molecule has 0 bridgehead atoms. The summed E-state index contributed by atoms with van der Waals surface area (Å²) in [4.78, 5) is 12.5. The van der Waals surface area contributed by atoms with E-state index in [4.69, 9.17) is 4.42 Å². The number of nitrogens with one attached hydrogen (secondary N) is 1. The van der Waals surface area contributed by atoms with Gasteiger partial charge in [-0.3, -0.25) is 4.79 Å². The molecule has 0 aliphatic heterocycles. The molecule has 1 atom stereocenters. The number of hydrogen-bond donors (Lipinski definition) is 1. The molecule has 0 radical (unpaired) electrons. The highest BCUT2D eigenvalue weighted by atomic mass is 16.3. The number of aryl methyl sites for hydroxylation is 1. The Morgan fingerprint density at radius 1 is 1.12 bits per heavy atom. The third-order valence-electron chi connectivity index (χ3n) is 4.42. The monoisotopic (exact) mass is 345 g/mol. The third-order valence-corrected chi connectivity index (χ3v) is 4.42. The maximum atomic E-state index is 12.5. The van der Waals surface area contributed by atoms with Gasteiger partial charge in [-0.15, -0.1) is 0 Å². The third kappa shape index (κ3) is 2.99. The van der Waals surface area contributed by atoms with Gasteiger partial charge in [-0.05, 0) is 56.3 Å². The molecule has 1 amide bonds. The number of benzene rings is 2. The number of furan rings is 1. The van der Waals surface area contributed by atoms with E-state index >= 15 is 0 Å². The van der Waals surface area contributed by atoms with Gasteiger partial charge in [-0.2, -0.15) is 5.10 Å². The number of hydrogen-bond acceptors (Lipinski definition) is 3. The summed E-state index contributed by atoms with van der Waals surface area (Å²) in [5.74, 6) is 0.602. The Bertz CT molecular complexity index is 1030. The quantitative estimate of drug-likeness (QED) is 0.596. The molecule has 0 fully saturated rings. The minimum absolute atomic E-state index is 0.137. The standard InChI is InChI=1S/C21H19N3O2/c1-14-11-12-22-24(14)18-9-7-16(8-10-18)21(25)23-15(2)20-13-17-5-3-4-6-19(17)26-20/h3-13,15H,1-2H3,(H,23,25). The number of rotatable bonds is 4. The SMILES string of the molecule is Cc1ccnn1-c1ccc(C(=O)NC(C)c2cc3ccccc3o2)cc1. The first-order valence-electron chi connectivity index (χ1n) is 8.52. The Morgan fingerprint density at radius 2 is 1.88 bits per heavy atom. The van der Waals surface area contributed by atoms with Crippen molar-refractivity contribution in [3.8, 4) is 5.69 Å². The van der Waals surface area contributed by atoms with Crippen molar-refractivity contribution in [2.45, 2.75) is 19.9 Å². The fraction of sp³-hybridized carbons (Fsp3) is 0.143. The van der Waals surface area contributed by atoms with Gasteiger partial charge in [-0.25, -0.2) is 4.68 Å². The van der Waals surface area contributed by atoms with Gasteiger partial charge in [0.15, 0.2) is 0 Å². The van der Waals surface area contributed by atoms with Gasteiger partial charge in [0.05, 0.1) is 11.7 Å². The molecule has 0 spiro atoms. The Labute approximate surface area is 151 Å². The normalized spacial score (nSPS) is 12.2. The first-order valence-corrected chi connectivity index (χ1v) is 8.52. The Kier molecular flexibility index (Phi) is 4.05. The number of amides is 1. The lowest BCUT2D eigenvalue weighted by Crippen LogP contribution is -2.26. The Hall–Kier alpha value is -3.34. The van der Waals surface area contributed by atoms with Gasteiger partial charge >= 0.3 is 0 Å².